The van der Waals surface area contributed by atoms with Crippen molar-refractivity contribution in [1.29, 1.82) is 0 Å². The van der Waals surface area contributed by atoms with Crippen molar-refractivity contribution in [3.63, 3.8) is 0 Å². The van der Waals surface area contributed by atoms with E-state index in [1.54, 1.807) is 6.20 Å². The molecule has 1 aromatic heterocycles. The van der Waals surface area contributed by atoms with Gasteiger partial charge in [0.1, 0.15) is 0 Å². The molecule has 1 amide bonds. The van der Waals surface area contributed by atoms with Crippen molar-refractivity contribution in [2.45, 2.75) is 64.6 Å². The van der Waals surface area contributed by atoms with Crippen molar-refractivity contribution >= 4 is 5.91 Å². The highest BCUT2D eigenvalue weighted by atomic mass is 16.2. The van der Waals surface area contributed by atoms with E-state index in [0.29, 0.717) is 12.5 Å². The molecule has 5 nitrogen and oxygen atoms in total. The zero-order valence-corrected chi connectivity index (χ0v) is 15.0. The number of rotatable bonds is 6. The fourth-order valence-electron chi connectivity index (χ4n) is 3.36. The summed E-state index contributed by atoms with van der Waals surface area (Å²) < 4.78 is 1.88. The van der Waals surface area contributed by atoms with E-state index in [-0.39, 0.29) is 18.0 Å². The molecular weight excluding hydrogens is 288 g/mol. The van der Waals surface area contributed by atoms with Crippen molar-refractivity contribution in [3.05, 3.63) is 29.6 Å². The number of carbonyl (C=O) groups is 1. The van der Waals surface area contributed by atoms with E-state index in [0.717, 1.165) is 25.0 Å². The fourth-order valence-corrected chi connectivity index (χ4v) is 3.36. The lowest BCUT2D eigenvalue weighted by molar-refractivity contribution is -0.136. The van der Waals surface area contributed by atoms with E-state index >= 15 is 0 Å². The van der Waals surface area contributed by atoms with E-state index < -0.39 is 0 Å². The maximum absolute atomic E-state index is 12.2. The predicted molar refractivity (Wildman–Crippen MR) is 93.0 cm³/mol. The molecule has 0 radical (unpaired) electrons. The molecular formula is C18H30N4O. The summed E-state index contributed by atoms with van der Waals surface area (Å²) in [6.45, 7) is 6.51. The average molecular weight is 318 g/mol. The van der Waals surface area contributed by atoms with Crippen LogP contribution < -0.4 is 5.32 Å². The highest BCUT2D eigenvalue weighted by Gasteiger charge is 2.36. The SMILES string of the molecule is CC(C)=CCCC(C)N[C@@H]1CCC(=O)N(C)[C@H]1c1ccnn1C. The largest absolute Gasteiger partial charge is 0.336 e. The number of aromatic nitrogens is 2. The normalized spacial score (nSPS) is 23.0. The summed E-state index contributed by atoms with van der Waals surface area (Å²) in [6, 6.07) is 2.76. The Bertz CT molecular complexity index is 559. The Balaban J connectivity index is 2.07. The van der Waals surface area contributed by atoms with Gasteiger partial charge in [0.2, 0.25) is 5.91 Å². The Morgan fingerprint density at radius 1 is 1.48 bits per heavy atom. The topological polar surface area (TPSA) is 50.2 Å². The van der Waals surface area contributed by atoms with E-state index in [1.807, 2.05) is 29.7 Å². The minimum Gasteiger partial charge on any atom is -0.336 e. The number of hydrogen-bond acceptors (Lipinski definition) is 3. The molecule has 1 unspecified atom stereocenters. The van der Waals surface area contributed by atoms with Crippen LogP contribution in [0.4, 0.5) is 0 Å². The van der Waals surface area contributed by atoms with Gasteiger partial charge in [0.15, 0.2) is 0 Å². The van der Waals surface area contributed by atoms with Crippen molar-refractivity contribution < 1.29 is 4.79 Å². The summed E-state index contributed by atoms with van der Waals surface area (Å²) >= 11 is 0. The van der Waals surface area contributed by atoms with Gasteiger partial charge in [-0.05, 0) is 46.1 Å². The number of amides is 1. The molecule has 0 saturated carbocycles. The lowest BCUT2D eigenvalue weighted by Crippen LogP contribution is -2.51. The maximum atomic E-state index is 12.2. The number of hydrogen-bond donors (Lipinski definition) is 1. The van der Waals surface area contributed by atoms with Gasteiger partial charge in [-0.15, -0.1) is 0 Å². The van der Waals surface area contributed by atoms with Gasteiger partial charge in [0.25, 0.3) is 0 Å². The Morgan fingerprint density at radius 3 is 2.83 bits per heavy atom. The number of nitrogens with zero attached hydrogens (tertiary/aromatic N) is 3. The first-order chi connectivity index (χ1) is 10.9. The molecule has 5 heteroatoms. The van der Waals surface area contributed by atoms with Gasteiger partial charge in [0, 0.05) is 38.8 Å². The van der Waals surface area contributed by atoms with Crippen LogP contribution >= 0.6 is 0 Å². The molecule has 2 rings (SSSR count). The Kier molecular flexibility index (Phi) is 5.99. The molecule has 1 aliphatic rings. The molecule has 2 heterocycles. The minimum absolute atomic E-state index is 0.0506. The van der Waals surface area contributed by atoms with Gasteiger partial charge < -0.3 is 10.2 Å². The summed E-state index contributed by atoms with van der Waals surface area (Å²) in [5, 5.41) is 8.02. The third-order valence-corrected chi connectivity index (χ3v) is 4.67. The van der Waals surface area contributed by atoms with Crippen LogP contribution in [0, 0.1) is 0 Å². The van der Waals surface area contributed by atoms with Gasteiger partial charge in [-0.2, -0.15) is 5.10 Å². The minimum atomic E-state index is 0.0506. The molecule has 0 spiro atoms. The van der Waals surface area contributed by atoms with E-state index in [1.165, 1.54) is 5.57 Å². The highest BCUT2D eigenvalue weighted by molar-refractivity contribution is 5.77. The van der Waals surface area contributed by atoms with Crippen LogP contribution in [0.3, 0.4) is 0 Å². The van der Waals surface area contributed by atoms with Crippen molar-refractivity contribution in [2.24, 2.45) is 7.05 Å². The first-order valence-electron chi connectivity index (χ1n) is 8.53. The number of nitrogens with one attached hydrogen (secondary N) is 1. The fraction of sp³-hybridized carbons (Fsp3) is 0.667. The smallest absolute Gasteiger partial charge is 0.222 e. The molecule has 0 bridgehead atoms. The molecule has 0 aliphatic carbocycles. The standard InChI is InChI=1S/C18H30N4O/c1-13(2)7-6-8-14(3)20-15-9-10-17(23)21(4)18(15)16-11-12-19-22(16)5/h7,11-12,14-15,18,20H,6,8-10H2,1-5H3/t14?,15-,18-/m1/s1. The second-order valence-corrected chi connectivity index (χ2v) is 6.90. The summed E-state index contributed by atoms with van der Waals surface area (Å²) in [7, 11) is 3.85. The van der Waals surface area contributed by atoms with Crippen molar-refractivity contribution in [1.82, 2.24) is 20.0 Å². The Labute approximate surface area is 139 Å². The van der Waals surface area contributed by atoms with Gasteiger partial charge >= 0.3 is 0 Å². The molecule has 1 N–H and O–H groups in total. The Morgan fingerprint density at radius 2 is 2.22 bits per heavy atom. The predicted octanol–water partition coefficient (Wildman–Crippen LogP) is 2.81. The molecule has 23 heavy (non-hydrogen) atoms. The summed E-state index contributed by atoms with van der Waals surface area (Å²) in [4.78, 5) is 14.0. The number of likely N-dealkylation sites (N-methyl/N-ethyl adjacent to an activating group) is 1. The summed E-state index contributed by atoms with van der Waals surface area (Å²) in [6.07, 6.45) is 7.78. The second kappa shape index (κ2) is 7.77. The van der Waals surface area contributed by atoms with Crippen LogP contribution in [-0.4, -0.2) is 39.7 Å². The van der Waals surface area contributed by atoms with Crippen molar-refractivity contribution in [2.75, 3.05) is 7.05 Å². The molecule has 128 valence electrons. The molecule has 1 saturated heterocycles. The zero-order valence-electron chi connectivity index (χ0n) is 15.0. The molecule has 1 aliphatic heterocycles. The number of aryl methyl sites for hydroxylation is 1. The monoisotopic (exact) mass is 318 g/mol. The number of piperidine rings is 1. The maximum Gasteiger partial charge on any atom is 0.222 e. The van der Waals surface area contributed by atoms with E-state index in [9.17, 15) is 4.79 Å². The Hall–Kier alpha value is -1.62. The van der Waals surface area contributed by atoms with Crippen LogP contribution in [0.1, 0.15) is 58.2 Å². The number of carbonyl (C=O) groups excluding carboxylic acids is 1. The van der Waals surface area contributed by atoms with Gasteiger partial charge in [0.05, 0.1) is 11.7 Å². The molecule has 0 aromatic carbocycles. The first kappa shape index (κ1) is 17.7. The lowest BCUT2D eigenvalue weighted by Gasteiger charge is -2.40. The van der Waals surface area contributed by atoms with E-state index in [2.05, 4.69) is 37.3 Å². The van der Waals surface area contributed by atoms with Crippen LogP contribution in [0.5, 0.6) is 0 Å². The molecule has 3 atom stereocenters. The second-order valence-electron chi connectivity index (χ2n) is 6.90. The van der Waals surface area contributed by atoms with Crippen LogP contribution in [-0.2, 0) is 11.8 Å². The van der Waals surface area contributed by atoms with Crippen LogP contribution in [0.2, 0.25) is 0 Å². The van der Waals surface area contributed by atoms with Crippen LogP contribution in [0.15, 0.2) is 23.9 Å². The third kappa shape index (κ3) is 4.44. The van der Waals surface area contributed by atoms with Gasteiger partial charge in [-0.1, -0.05) is 11.6 Å². The quantitative estimate of drug-likeness (QED) is 0.821. The van der Waals surface area contributed by atoms with Crippen molar-refractivity contribution in [3.8, 4) is 0 Å². The average Bonchev–Trinajstić information content (AvgIpc) is 2.89. The van der Waals surface area contributed by atoms with Crippen LogP contribution in [0.25, 0.3) is 0 Å². The lowest BCUT2D eigenvalue weighted by atomic mass is 9.92. The first-order valence-corrected chi connectivity index (χ1v) is 8.53. The molecule has 1 aromatic rings. The zero-order chi connectivity index (χ0) is 17.0. The number of allylic oxidation sites excluding steroid dienone is 2. The van der Waals surface area contributed by atoms with E-state index in [4.69, 9.17) is 0 Å². The molecule has 1 fully saturated rings. The summed E-state index contributed by atoms with van der Waals surface area (Å²) in [5.74, 6) is 0.214. The third-order valence-electron chi connectivity index (χ3n) is 4.67. The number of likely N-dealkylation sites (tertiary alicyclic amines) is 1. The van der Waals surface area contributed by atoms with Gasteiger partial charge in [-0.3, -0.25) is 9.48 Å². The summed E-state index contributed by atoms with van der Waals surface area (Å²) in [5.41, 5.74) is 2.46. The highest BCUT2D eigenvalue weighted by Crippen LogP contribution is 2.30. The van der Waals surface area contributed by atoms with Gasteiger partial charge in [-0.25, -0.2) is 0 Å².